The molecule has 72 valence electrons. The summed E-state index contributed by atoms with van der Waals surface area (Å²) < 4.78 is 24.4. The van der Waals surface area contributed by atoms with Gasteiger partial charge in [0.1, 0.15) is 0 Å². The first-order chi connectivity index (χ1) is 6.06. The fraction of sp³-hybridized carbons (Fsp3) is 0.400. The second-order valence-electron chi connectivity index (χ2n) is 2.11. The highest BCUT2D eigenvalue weighted by Crippen LogP contribution is 2.19. The van der Waals surface area contributed by atoms with Crippen LogP contribution in [0.1, 0.15) is 12.2 Å². The lowest BCUT2D eigenvalue weighted by Gasteiger charge is -1.95. The number of rotatable bonds is 3. The fourth-order valence-corrected chi connectivity index (χ4v) is 0.976. The van der Waals surface area contributed by atoms with E-state index in [1.54, 1.807) is 0 Å². The normalized spacial score (nSPS) is 10.8. The summed E-state index contributed by atoms with van der Waals surface area (Å²) in [5, 5.41) is 13.2. The van der Waals surface area contributed by atoms with Gasteiger partial charge in [-0.25, -0.2) is 0 Å². The molecule has 0 aliphatic heterocycles. The Morgan fingerprint density at radius 3 is 2.69 bits per heavy atom. The Bertz CT molecular complexity index is 328. The predicted octanol–water partition coefficient (Wildman–Crippen LogP) is 1.93. The van der Waals surface area contributed by atoms with Gasteiger partial charge in [0.15, 0.2) is 0 Å². The van der Waals surface area contributed by atoms with Crippen LogP contribution in [-0.2, 0) is 5.88 Å². The molecule has 1 rings (SSSR count). The maximum atomic E-state index is 12.1. The first-order valence-corrected chi connectivity index (χ1v) is 3.66. The molecule has 0 saturated carbocycles. The Balaban J connectivity index is 3.11. The van der Waals surface area contributed by atoms with Gasteiger partial charge < -0.3 is 10.1 Å². The van der Waals surface area contributed by atoms with Gasteiger partial charge in [-0.15, -0.1) is 16.3 Å². The van der Waals surface area contributed by atoms with Crippen LogP contribution in [0.25, 0.3) is 0 Å². The van der Waals surface area contributed by atoms with Crippen molar-refractivity contribution in [2.75, 3.05) is 0 Å². The van der Waals surface area contributed by atoms with Crippen LogP contribution in [-0.4, -0.2) is 14.7 Å². The Hall–Kier alpha value is -1.24. The lowest BCUT2D eigenvalue weighted by Crippen LogP contribution is -2.04. The van der Waals surface area contributed by atoms with Crippen molar-refractivity contribution in [3.63, 3.8) is 0 Å². The average Bonchev–Trinajstić information content (AvgIpc) is 2.47. The molecule has 8 heteroatoms. The van der Waals surface area contributed by atoms with Crippen LogP contribution in [0.3, 0.4) is 0 Å². The monoisotopic (exact) mass is 211 g/mol. The summed E-state index contributed by atoms with van der Waals surface area (Å²) in [6.45, 7) is -2.91. The second kappa shape index (κ2) is 3.65. The van der Waals surface area contributed by atoms with E-state index < -0.39 is 17.3 Å². The zero-order chi connectivity index (χ0) is 10.0. The Morgan fingerprint density at radius 2 is 2.38 bits per heavy atom. The molecule has 0 fully saturated rings. The molecule has 0 amide bonds. The highest BCUT2D eigenvalue weighted by Gasteiger charge is 2.22. The van der Waals surface area contributed by atoms with Crippen molar-refractivity contribution in [3.8, 4) is 0 Å². The lowest BCUT2D eigenvalue weighted by molar-refractivity contribution is -0.390. The molecule has 0 aliphatic carbocycles. The number of hydrogen-bond acceptors (Lipinski definition) is 3. The van der Waals surface area contributed by atoms with Crippen LogP contribution in [0.5, 0.6) is 0 Å². The van der Waals surface area contributed by atoms with Crippen molar-refractivity contribution in [1.82, 2.24) is 9.78 Å². The number of hydrogen-bond donors (Lipinski definition) is 0. The van der Waals surface area contributed by atoms with E-state index in [2.05, 4.69) is 5.10 Å². The van der Waals surface area contributed by atoms with Crippen molar-refractivity contribution < 1.29 is 13.7 Å². The number of alkyl halides is 3. The van der Waals surface area contributed by atoms with Gasteiger partial charge in [-0.2, -0.15) is 8.78 Å². The number of halogens is 3. The molecule has 0 atom stereocenters. The molecule has 0 bridgehead atoms. The van der Waals surface area contributed by atoms with E-state index in [0.717, 1.165) is 6.07 Å². The van der Waals surface area contributed by atoms with Gasteiger partial charge in [0.25, 0.3) is 0 Å². The Morgan fingerprint density at radius 1 is 1.77 bits per heavy atom. The molecule has 5 nitrogen and oxygen atoms in total. The molecule has 0 radical (unpaired) electrons. The minimum Gasteiger partial charge on any atom is -0.358 e. The first kappa shape index (κ1) is 9.85. The largest absolute Gasteiger partial charge is 0.390 e. The summed E-state index contributed by atoms with van der Waals surface area (Å²) in [5.41, 5.74) is -0.0802. The average molecular weight is 212 g/mol. The van der Waals surface area contributed by atoms with Crippen LogP contribution < -0.4 is 0 Å². The minimum absolute atomic E-state index is 0.0802. The van der Waals surface area contributed by atoms with Crippen molar-refractivity contribution in [3.05, 3.63) is 21.9 Å². The number of nitro groups is 1. The molecule has 0 saturated heterocycles. The summed E-state index contributed by atoms with van der Waals surface area (Å²) in [6.07, 6.45) is 0. The third kappa shape index (κ3) is 1.92. The number of nitrogens with zero attached hydrogens (tertiary/aromatic N) is 3. The molecule has 0 spiro atoms. The maximum Gasteiger partial charge on any atom is 0.390 e. The fourth-order valence-electron chi connectivity index (χ4n) is 0.777. The third-order valence-electron chi connectivity index (χ3n) is 1.31. The summed E-state index contributed by atoms with van der Waals surface area (Å²) in [5.74, 6) is -0.874. The molecule has 0 N–H and O–H groups in total. The van der Waals surface area contributed by atoms with E-state index in [-0.39, 0.29) is 16.3 Å². The smallest absolute Gasteiger partial charge is 0.358 e. The van der Waals surface area contributed by atoms with Crippen LogP contribution in [0, 0.1) is 10.1 Å². The summed E-state index contributed by atoms with van der Waals surface area (Å²) in [4.78, 5) is 9.29. The summed E-state index contributed by atoms with van der Waals surface area (Å²) >= 11 is 5.28. The highest BCUT2D eigenvalue weighted by molar-refractivity contribution is 6.16. The maximum absolute atomic E-state index is 12.1. The Labute approximate surface area is 76.1 Å². The van der Waals surface area contributed by atoms with Crippen LogP contribution in [0.15, 0.2) is 6.07 Å². The van der Waals surface area contributed by atoms with Gasteiger partial charge >= 0.3 is 12.4 Å². The van der Waals surface area contributed by atoms with Gasteiger partial charge in [0, 0.05) is 0 Å². The van der Waals surface area contributed by atoms with Gasteiger partial charge in [-0.05, 0) is 4.92 Å². The molecule has 0 aliphatic rings. The lowest BCUT2D eigenvalue weighted by atomic mass is 10.5. The van der Waals surface area contributed by atoms with Crippen molar-refractivity contribution >= 4 is 17.4 Å². The van der Waals surface area contributed by atoms with Crippen LogP contribution in [0.4, 0.5) is 14.6 Å². The minimum atomic E-state index is -2.91. The van der Waals surface area contributed by atoms with Crippen molar-refractivity contribution in [2.45, 2.75) is 12.4 Å². The topological polar surface area (TPSA) is 61.0 Å². The zero-order valence-electron chi connectivity index (χ0n) is 6.15. The molecule has 13 heavy (non-hydrogen) atoms. The van der Waals surface area contributed by atoms with E-state index in [1.807, 2.05) is 0 Å². The predicted molar refractivity (Wildman–Crippen MR) is 39.7 cm³/mol. The van der Waals surface area contributed by atoms with Gasteiger partial charge in [0.2, 0.25) is 0 Å². The molecule has 1 heterocycles. The van der Waals surface area contributed by atoms with Gasteiger partial charge in [-0.3, -0.25) is 0 Å². The molecular formula is C5H4ClF2N3O2. The first-order valence-electron chi connectivity index (χ1n) is 3.13. The van der Waals surface area contributed by atoms with E-state index in [4.69, 9.17) is 11.6 Å². The Kier molecular flexibility index (Phi) is 2.76. The van der Waals surface area contributed by atoms with Crippen molar-refractivity contribution in [2.24, 2.45) is 0 Å². The molecule has 1 aromatic heterocycles. The summed E-state index contributed by atoms with van der Waals surface area (Å²) in [6, 6.07) is 0.916. The zero-order valence-corrected chi connectivity index (χ0v) is 6.91. The molecular weight excluding hydrogens is 208 g/mol. The number of aromatic nitrogens is 2. The van der Waals surface area contributed by atoms with E-state index in [0.29, 0.717) is 0 Å². The molecule has 0 aromatic carbocycles. The summed E-state index contributed by atoms with van der Waals surface area (Å²) in [7, 11) is 0. The SMILES string of the molecule is O=[N+]([O-])c1cc(CCl)n(C(F)F)n1. The second-order valence-corrected chi connectivity index (χ2v) is 2.37. The van der Waals surface area contributed by atoms with E-state index >= 15 is 0 Å². The van der Waals surface area contributed by atoms with Gasteiger partial charge in [0.05, 0.1) is 22.7 Å². The molecule has 0 unspecified atom stereocenters. The molecule has 1 aromatic rings. The quantitative estimate of drug-likeness (QED) is 0.436. The standard InChI is InChI=1S/C5H4ClF2N3O2/c6-2-3-1-4(11(12)13)9-10(3)5(7)8/h1,5H,2H2. The van der Waals surface area contributed by atoms with E-state index in [9.17, 15) is 18.9 Å². The van der Waals surface area contributed by atoms with Crippen molar-refractivity contribution in [1.29, 1.82) is 0 Å². The van der Waals surface area contributed by atoms with Gasteiger partial charge in [-0.1, -0.05) is 0 Å². The van der Waals surface area contributed by atoms with Crippen LogP contribution in [0.2, 0.25) is 0 Å². The van der Waals surface area contributed by atoms with Crippen LogP contribution >= 0.6 is 11.6 Å². The third-order valence-corrected chi connectivity index (χ3v) is 1.58. The highest BCUT2D eigenvalue weighted by atomic mass is 35.5. The van der Waals surface area contributed by atoms with E-state index in [1.165, 1.54) is 0 Å².